The number of hydrogen-bond acceptors (Lipinski definition) is 3. The van der Waals surface area contributed by atoms with Crippen LogP contribution >= 0.6 is 0 Å². The quantitative estimate of drug-likeness (QED) is 0.605. The summed E-state index contributed by atoms with van der Waals surface area (Å²) in [5.74, 6) is 0.437. The van der Waals surface area contributed by atoms with Crippen molar-refractivity contribution < 1.29 is 18.1 Å². The van der Waals surface area contributed by atoms with E-state index in [1.165, 1.54) is 0 Å². The fourth-order valence-corrected chi connectivity index (χ4v) is 2.22. The van der Waals surface area contributed by atoms with E-state index in [-0.39, 0.29) is 12.8 Å². The molecule has 0 bridgehead atoms. The number of rotatable bonds is 1. The lowest BCUT2D eigenvalue weighted by Gasteiger charge is -2.31. The van der Waals surface area contributed by atoms with Crippen LogP contribution in [0.4, 0.5) is 0 Å². The molecule has 0 unspecified atom stereocenters. The maximum Gasteiger partial charge on any atom is 0.294 e. The van der Waals surface area contributed by atoms with Gasteiger partial charge >= 0.3 is 0 Å². The van der Waals surface area contributed by atoms with Gasteiger partial charge in [-0.1, -0.05) is 6.92 Å². The van der Waals surface area contributed by atoms with Crippen LogP contribution < -0.4 is 0 Å². The van der Waals surface area contributed by atoms with E-state index >= 15 is 0 Å². The summed E-state index contributed by atoms with van der Waals surface area (Å²) in [6, 6.07) is 0. The van der Waals surface area contributed by atoms with Gasteiger partial charge in [-0.15, -0.1) is 0 Å². The van der Waals surface area contributed by atoms with Gasteiger partial charge in [0, 0.05) is 0 Å². The Morgan fingerprint density at radius 2 is 1.75 bits per heavy atom. The predicted molar refractivity (Wildman–Crippen MR) is 44.1 cm³/mol. The molecule has 1 fully saturated rings. The first-order valence-corrected chi connectivity index (χ1v) is 5.48. The van der Waals surface area contributed by atoms with Gasteiger partial charge in [0.1, 0.15) is 0 Å². The lowest BCUT2D eigenvalue weighted by molar-refractivity contribution is 0.0598. The third-order valence-electron chi connectivity index (χ3n) is 2.54. The Kier molecular flexibility index (Phi) is 2.47. The Morgan fingerprint density at radius 3 is 2.08 bits per heavy atom. The Labute approximate surface area is 72.3 Å². The molecular formula is C7H14O4S. The van der Waals surface area contributed by atoms with Crippen LogP contribution in [0.5, 0.6) is 0 Å². The number of hydrogen-bond donors (Lipinski definition) is 2. The van der Waals surface area contributed by atoms with E-state index in [0.29, 0.717) is 18.8 Å². The van der Waals surface area contributed by atoms with Crippen molar-refractivity contribution in [2.45, 2.75) is 37.5 Å². The van der Waals surface area contributed by atoms with E-state index in [9.17, 15) is 13.5 Å². The zero-order valence-electron chi connectivity index (χ0n) is 7.02. The largest absolute Gasteiger partial charge is 0.372 e. The molecule has 0 atom stereocenters. The predicted octanol–water partition coefficient (Wildman–Crippen LogP) is 0.773. The van der Waals surface area contributed by atoms with Crippen molar-refractivity contribution in [3.05, 3.63) is 0 Å². The highest BCUT2D eigenvalue weighted by atomic mass is 32.2. The van der Waals surface area contributed by atoms with Crippen LogP contribution in [-0.4, -0.2) is 23.0 Å². The molecule has 2 N–H and O–H groups in total. The minimum absolute atomic E-state index is 0.146. The van der Waals surface area contributed by atoms with Crippen LogP contribution in [0.1, 0.15) is 32.6 Å². The van der Waals surface area contributed by atoms with E-state index in [0.717, 1.165) is 0 Å². The highest BCUT2D eigenvalue weighted by Crippen LogP contribution is 2.34. The third kappa shape index (κ3) is 1.78. The fourth-order valence-electron chi connectivity index (χ4n) is 1.47. The minimum atomic E-state index is -4.29. The first-order valence-electron chi connectivity index (χ1n) is 4.04. The Hall–Kier alpha value is -0.130. The monoisotopic (exact) mass is 194 g/mol. The van der Waals surface area contributed by atoms with Crippen molar-refractivity contribution in [2.75, 3.05) is 0 Å². The molecule has 0 aromatic carbocycles. The van der Waals surface area contributed by atoms with Crippen molar-refractivity contribution in [2.24, 2.45) is 5.92 Å². The Morgan fingerprint density at radius 1 is 1.33 bits per heavy atom. The second kappa shape index (κ2) is 2.97. The van der Waals surface area contributed by atoms with Gasteiger partial charge in [0.25, 0.3) is 10.1 Å². The standard InChI is InChI=1S/C7H14O4S/c1-6-2-4-7(8,5-3-6)12(9,10)11/h6,8H,2-5H2,1H3,(H,9,10,11). The van der Waals surface area contributed by atoms with Gasteiger partial charge in [-0.2, -0.15) is 8.42 Å². The maximum absolute atomic E-state index is 10.7. The van der Waals surface area contributed by atoms with Crippen molar-refractivity contribution in [1.29, 1.82) is 0 Å². The van der Waals surface area contributed by atoms with Gasteiger partial charge in [0.2, 0.25) is 0 Å². The molecule has 1 rings (SSSR count). The molecule has 0 saturated heterocycles. The molecule has 0 aliphatic heterocycles. The summed E-state index contributed by atoms with van der Waals surface area (Å²) in [7, 11) is -4.29. The van der Waals surface area contributed by atoms with Crippen LogP contribution in [0, 0.1) is 5.92 Å². The van der Waals surface area contributed by atoms with E-state index in [4.69, 9.17) is 4.55 Å². The molecule has 0 aromatic heterocycles. The summed E-state index contributed by atoms with van der Waals surface area (Å²) < 4.78 is 30.2. The summed E-state index contributed by atoms with van der Waals surface area (Å²) in [6.45, 7) is 2.00. The molecule has 72 valence electrons. The summed E-state index contributed by atoms with van der Waals surface area (Å²) in [5, 5.41) is 9.49. The third-order valence-corrected chi connectivity index (χ3v) is 3.90. The lowest BCUT2D eigenvalue weighted by Crippen LogP contribution is -2.41. The van der Waals surface area contributed by atoms with Crippen molar-refractivity contribution in [3.8, 4) is 0 Å². The normalized spacial score (nSPS) is 38.1. The molecule has 1 saturated carbocycles. The summed E-state index contributed by atoms with van der Waals surface area (Å²) in [4.78, 5) is -1.88. The summed E-state index contributed by atoms with van der Waals surface area (Å²) >= 11 is 0. The molecule has 5 heteroatoms. The van der Waals surface area contributed by atoms with Crippen LogP contribution in [0.25, 0.3) is 0 Å². The van der Waals surface area contributed by atoms with Gasteiger partial charge < -0.3 is 5.11 Å². The second-order valence-corrected chi connectivity index (χ2v) is 5.31. The molecule has 0 amide bonds. The molecule has 0 heterocycles. The van der Waals surface area contributed by atoms with E-state index < -0.39 is 15.1 Å². The van der Waals surface area contributed by atoms with Gasteiger partial charge in [-0.3, -0.25) is 4.55 Å². The van der Waals surface area contributed by atoms with Crippen molar-refractivity contribution in [3.63, 3.8) is 0 Å². The SMILES string of the molecule is CC1CCC(O)(S(=O)(=O)O)CC1. The first-order chi connectivity index (χ1) is 5.35. The molecule has 4 nitrogen and oxygen atoms in total. The van der Waals surface area contributed by atoms with Crippen LogP contribution in [0.15, 0.2) is 0 Å². The lowest BCUT2D eigenvalue weighted by atomic mass is 9.88. The van der Waals surface area contributed by atoms with Gasteiger partial charge in [-0.05, 0) is 31.6 Å². The Balaban J connectivity index is 2.76. The van der Waals surface area contributed by atoms with Crippen LogP contribution in [-0.2, 0) is 10.1 Å². The fraction of sp³-hybridized carbons (Fsp3) is 1.00. The van der Waals surface area contributed by atoms with Crippen LogP contribution in [0.3, 0.4) is 0 Å². The highest BCUT2D eigenvalue weighted by molar-refractivity contribution is 7.87. The molecule has 0 aromatic rings. The highest BCUT2D eigenvalue weighted by Gasteiger charge is 2.42. The van der Waals surface area contributed by atoms with Gasteiger partial charge in [-0.25, -0.2) is 0 Å². The average molecular weight is 194 g/mol. The van der Waals surface area contributed by atoms with E-state index in [1.807, 2.05) is 6.92 Å². The van der Waals surface area contributed by atoms with E-state index in [1.54, 1.807) is 0 Å². The zero-order valence-corrected chi connectivity index (χ0v) is 7.84. The molecule has 12 heavy (non-hydrogen) atoms. The topological polar surface area (TPSA) is 74.6 Å². The van der Waals surface area contributed by atoms with Gasteiger partial charge in [0.05, 0.1) is 0 Å². The van der Waals surface area contributed by atoms with E-state index in [2.05, 4.69) is 0 Å². The first kappa shape index (κ1) is 9.95. The van der Waals surface area contributed by atoms with Gasteiger partial charge in [0.15, 0.2) is 4.93 Å². The average Bonchev–Trinajstić information content (AvgIpc) is 1.93. The smallest absolute Gasteiger partial charge is 0.294 e. The molecule has 0 spiro atoms. The molecular weight excluding hydrogens is 180 g/mol. The summed E-state index contributed by atoms with van der Waals surface area (Å²) in [6.07, 6.45) is 1.59. The molecule has 1 aliphatic rings. The van der Waals surface area contributed by atoms with Crippen molar-refractivity contribution >= 4 is 10.1 Å². The maximum atomic E-state index is 10.7. The second-order valence-electron chi connectivity index (χ2n) is 3.60. The van der Waals surface area contributed by atoms with Crippen molar-refractivity contribution in [1.82, 2.24) is 0 Å². The van der Waals surface area contributed by atoms with Crippen LogP contribution in [0.2, 0.25) is 0 Å². The zero-order chi connectivity index (χ0) is 9.41. The Bertz CT molecular complexity index is 249. The molecule has 1 aliphatic carbocycles. The minimum Gasteiger partial charge on any atom is -0.372 e. The molecule has 0 radical (unpaired) electrons. The number of aliphatic hydroxyl groups is 1. The summed E-state index contributed by atoms with van der Waals surface area (Å²) in [5.41, 5.74) is 0.